The van der Waals surface area contributed by atoms with E-state index in [2.05, 4.69) is 48.3 Å². The summed E-state index contributed by atoms with van der Waals surface area (Å²) in [4.78, 5) is 1.54. The summed E-state index contributed by atoms with van der Waals surface area (Å²) in [5, 5.41) is 4.44. The van der Waals surface area contributed by atoms with Gasteiger partial charge in [0.1, 0.15) is 0 Å². The zero-order chi connectivity index (χ0) is 14.5. The first-order chi connectivity index (χ1) is 10.4. The SMILES string of the molecule is CCNCC1CCCCCC1CC1Cc2ccccc2S1. The summed E-state index contributed by atoms with van der Waals surface area (Å²) < 4.78 is 0. The minimum absolute atomic E-state index is 0.828. The highest BCUT2D eigenvalue weighted by atomic mass is 32.2. The van der Waals surface area contributed by atoms with Gasteiger partial charge < -0.3 is 5.32 Å². The van der Waals surface area contributed by atoms with Gasteiger partial charge in [0, 0.05) is 10.1 Å². The summed E-state index contributed by atoms with van der Waals surface area (Å²) in [6.45, 7) is 4.59. The zero-order valence-electron chi connectivity index (χ0n) is 13.3. The maximum Gasteiger partial charge on any atom is 0.0138 e. The molecule has 0 bridgehead atoms. The first-order valence-electron chi connectivity index (χ1n) is 8.82. The van der Waals surface area contributed by atoms with E-state index in [1.807, 2.05) is 0 Å². The molecule has 0 saturated heterocycles. The highest BCUT2D eigenvalue weighted by molar-refractivity contribution is 8.00. The molecule has 1 aliphatic carbocycles. The molecule has 1 heterocycles. The molecule has 1 aromatic rings. The minimum Gasteiger partial charge on any atom is -0.317 e. The zero-order valence-corrected chi connectivity index (χ0v) is 14.1. The van der Waals surface area contributed by atoms with Crippen LogP contribution in [0.15, 0.2) is 29.2 Å². The van der Waals surface area contributed by atoms with E-state index in [1.54, 1.807) is 10.5 Å². The lowest BCUT2D eigenvalue weighted by Gasteiger charge is -2.27. The number of thioether (sulfide) groups is 1. The molecule has 3 rings (SSSR count). The Morgan fingerprint density at radius 2 is 1.90 bits per heavy atom. The van der Waals surface area contributed by atoms with Crippen LogP contribution in [0.25, 0.3) is 0 Å². The lowest BCUT2D eigenvalue weighted by atomic mass is 9.83. The van der Waals surface area contributed by atoms with Crippen LogP contribution in [0.3, 0.4) is 0 Å². The second-order valence-electron chi connectivity index (χ2n) is 6.75. The van der Waals surface area contributed by atoms with E-state index in [4.69, 9.17) is 0 Å². The predicted molar refractivity (Wildman–Crippen MR) is 93.0 cm³/mol. The average Bonchev–Trinajstić information content (AvgIpc) is 2.78. The van der Waals surface area contributed by atoms with Crippen LogP contribution in [0.2, 0.25) is 0 Å². The van der Waals surface area contributed by atoms with Crippen LogP contribution < -0.4 is 5.32 Å². The van der Waals surface area contributed by atoms with Gasteiger partial charge in [-0.1, -0.05) is 50.8 Å². The molecule has 1 saturated carbocycles. The standard InChI is InChI=1S/C19H29NS/c1-2-20-14-17-10-5-3-4-8-15(17)12-18-13-16-9-6-7-11-19(16)21-18/h6-7,9,11,15,17-18,20H,2-5,8,10,12-14H2,1H3. The molecule has 2 aliphatic rings. The lowest BCUT2D eigenvalue weighted by molar-refractivity contribution is 0.283. The van der Waals surface area contributed by atoms with E-state index in [0.717, 1.165) is 23.6 Å². The molecule has 1 fully saturated rings. The molecule has 1 aromatic carbocycles. The highest BCUT2D eigenvalue weighted by Crippen LogP contribution is 2.42. The van der Waals surface area contributed by atoms with Gasteiger partial charge in [0.05, 0.1) is 0 Å². The van der Waals surface area contributed by atoms with Gasteiger partial charge in [-0.15, -0.1) is 11.8 Å². The van der Waals surface area contributed by atoms with Gasteiger partial charge in [0.25, 0.3) is 0 Å². The topological polar surface area (TPSA) is 12.0 Å². The summed E-state index contributed by atoms with van der Waals surface area (Å²) >= 11 is 2.14. The third-order valence-corrected chi connectivity index (χ3v) is 6.60. The second-order valence-corrected chi connectivity index (χ2v) is 8.10. The predicted octanol–water partition coefficient (Wildman–Crippen LogP) is 4.90. The van der Waals surface area contributed by atoms with Crippen LogP contribution in [0.5, 0.6) is 0 Å². The van der Waals surface area contributed by atoms with Crippen LogP contribution in [-0.4, -0.2) is 18.3 Å². The van der Waals surface area contributed by atoms with E-state index in [-0.39, 0.29) is 0 Å². The number of fused-ring (bicyclic) bond motifs is 1. The van der Waals surface area contributed by atoms with Crippen LogP contribution >= 0.6 is 11.8 Å². The van der Waals surface area contributed by atoms with Crippen molar-refractivity contribution in [3.8, 4) is 0 Å². The van der Waals surface area contributed by atoms with Crippen LogP contribution in [-0.2, 0) is 6.42 Å². The van der Waals surface area contributed by atoms with Crippen molar-refractivity contribution in [1.29, 1.82) is 0 Å². The smallest absolute Gasteiger partial charge is 0.0138 e. The molecule has 116 valence electrons. The summed E-state index contributed by atoms with van der Waals surface area (Å²) in [6, 6.07) is 9.02. The Labute approximate surface area is 134 Å². The second kappa shape index (κ2) is 7.69. The summed E-state index contributed by atoms with van der Waals surface area (Å²) in [6.07, 6.45) is 9.99. The normalized spacial score (nSPS) is 29.1. The number of hydrogen-bond acceptors (Lipinski definition) is 2. The Hall–Kier alpha value is -0.470. The molecular weight excluding hydrogens is 274 g/mol. The Morgan fingerprint density at radius 1 is 1.10 bits per heavy atom. The van der Waals surface area contributed by atoms with Crippen molar-refractivity contribution in [3.63, 3.8) is 0 Å². The van der Waals surface area contributed by atoms with Crippen molar-refractivity contribution >= 4 is 11.8 Å². The Bertz CT molecular complexity index is 420. The molecule has 21 heavy (non-hydrogen) atoms. The molecule has 1 aliphatic heterocycles. The van der Waals surface area contributed by atoms with Gasteiger partial charge in [-0.3, -0.25) is 0 Å². The fraction of sp³-hybridized carbons (Fsp3) is 0.684. The highest BCUT2D eigenvalue weighted by Gasteiger charge is 2.29. The van der Waals surface area contributed by atoms with Crippen LogP contribution in [0.4, 0.5) is 0 Å². The molecule has 0 aromatic heterocycles. The molecule has 2 heteroatoms. The third-order valence-electron chi connectivity index (χ3n) is 5.25. The van der Waals surface area contributed by atoms with Crippen molar-refractivity contribution in [2.45, 2.75) is 62.0 Å². The van der Waals surface area contributed by atoms with Gasteiger partial charge in [0.15, 0.2) is 0 Å². The Morgan fingerprint density at radius 3 is 2.71 bits per heavy atom. The van der Waals surface area contributed by atoms with E-state index >= 15 is 0 Å². The molecule has 0 amide bonds. The fourth-order valence-electron chi connectivity index (χ4n) is 4.09. The number of hydrogen-bond donors (Lipinski definition) is 1. The van der Waals surface area contributed by atoms with Crippen molar-refractivity contribution in [1.82, 2.24) is 5.32 Å². The Balaban J connectivity index is 1.59. The summed E-state index contributed by atoms with van der Waals surface area (Å²) in [7, 11) is 0. The molecule has 0 spiro atoms. The molecule has 3 atom stereocenters. The Kier molecular flexibility index (Phi) is 5.65. The van der Waals surface area contributed by atoms with Gasteiger partial charge in [-0.05, 0) is 55.8 Å². The first kappa shape index (κ1) is 15.4. The first-order valence-corrected chi connectivity index (χ1v) is 9.70. The summed E-state index contributed by atoms with van der Waals surface area (Å²) in [5.41, 5.74) is 1.59. The van der Waals surface area contributed by atoms with E-state index < -0.39 is 0 Å². The molecule has 1 N–H and O–H groups in total. The average molecular weight is 304 g/mol. The van der Waals surface area contributed by atoms with E-state index in [0.29, 0.717) is 0 Å². The van der Waals surface area contributed by atoms with Crippen LogP contribution in [0.1, 0.15) is 51.0 Å². The molecular formula is C19H29NS. The van der Waals surface area contributed by atoms with Gasteiger partial charge in [-0.2, -0.15) is 0 Å². The maximum atomic E-state index is 3.61. The number of nitrogens with one attached hydrogen (secondary N) is 1. The van der Waals surface area contributed by atoms with Crippen molar-refractivity contribution in [3.05, 3.63) is 29.8 Å². The van der Waals surface area contributed by atoms with Gasteiger partial charge >= 0.3 is 0 Å². The largest absolute Gasteiger partial charge is 0.317 e. The maximum absolute atomic E-state index is 3.61. The van der Waals surface area contributed by atoms with Gasteiger partial charge in [0.2, 0.25) is 0 Å². The number of benzene rings is 1. The lowest BCUT2D eigenvalue weighted by Crippen LogP contribution is -2.29. The van der Waals surface area contributed by atoms with Gasteiger partial charge in [-0.25, -0.2) is 0 Å². The monoisotopic (exact) mass is 303 g/mol. The van der Waals surface area contributed by atoms with Crippen molar-refractivity contribution < 1.29 is 0 Å². The van der Waals surface area contributed by atoms with Crippen molar-refractivity contribution in [2.24, 2.45) is 11.8 Å². The fourth-order valence-corrected chi connectivity index (χ4v) is 5.52. The molecule has 3 unspecified atom stereocenters. The quantitative estimate of drug-likeness (QED) is 0.777. The van der Waals surface area contributed by atoms with E-state index in [1.165, 1.54) is 51.5 Å². The third kappa shape index (κ3) is 4.04. The van der Waals surface area contributed by atoms with Crippen molar-refractivity contribution in [2.75, 3.05) is 13.1 Å². The minimum atomic E-state index is 0.828. The molecule has 0 radical (unpaired) electrons. The van der Waals surface area contributed by atoms with E-state index in [9.17, 15) is 0 Å². The number of rotatable bonds is 5. The summed E-state index contributed by atoms with van der Waals surface area (Å²) in [5.74, 6) is 1.86. The molecule has 1 nitrogen and oxygen atoms in total. The van der Waals surface area contributed by atoms with Crippen LogP contribution in [0, 0.1) is 11.8 Å².